The van der Waals surface area contributed by atoms with Gasteiger partial charge in [0.1, 0.15) is 0 Å². The van der Waals surface area contributed by atoms with E-state index in [1.807, 2.05) is 13.8 Å². The van der Waals surface area contributed by atoms with E-state index in [0.29, 0.717) is 6.04 Å². The largest absolute Gasteiger partial charge is 0.392 e. The average Bonchev–Trinajstić information content (AvgIpc) is 2.02. The van der Waals surface area contributed by atoms with E-state index in [1.165, 1.54) is 0 Å². The summed E-state index contributed by atoms with van der Waals surface area (Å²) in [5, 5.41) is 9.16. The number of hydrogen-bond acceptors (Lipinski definition) is 2. The van der Waals surface area contributed by atoms with Crippen LogP contribution < -0.4 is 0 Å². The molecule has 1 rings (SSSR count). The van der Waals surface area contributed by atoms with E-state index >= 15 is 0 Å². The van der Waals surface area contributed by atoms with Crippen LogP contribution in [0, 0.1) is 0 Å². The van der Waals surface area contributed by atoms with Gasteiger partial charge in [-0.25, -0.2) is 0 Å². The lowest BCUT2D eigenvalue weighted by atomic mass is 10.0. The zero-order valence-electron chi connectivity index (χ0n) is 8.17. The summed E-state index contributed by atoms with van der Waals surface area (Å²) in [6.07, 6.45) is 2.04. The minimum atomic E-state index is -0.0776. The molecule has 2 nitrogen and oxygen atoms in total. The van der Waals surface area contributed by atoms with E-state index in [2.05, 4.69) is 18.9 Å². The first-order chi connectivity index (χ1) is 5.20. The molecule has 68 valence electrons. The van der Waals surface area contributed by atoms with Gasteiger partial charge in [0.2, 0.25) is 0 Å². The lowest BCUT2D eigenvalue weighted by molar-refractivity contribution is 0.0570. The molecule has 1 heterocycles. The van der Waals surface area contributed by atoms with Gasteiger partial charge in [-0.15, -0.1) is 0 Å². The Morgan fingerprint density at radius 1 is 1.27 bits per heavy atom. The van der Waals surface area contributed by atoms with Gasteiger partial charge in [0.05, 0.1) is 6.10 Å². The zero-order valence-corrected chi connectivity index (χ0v) is 8.17. The normalized spacial score (nSPS) is 32.5. The van der Waals surface area contributed by atoms with Crippen molar-refractivity contribution in [2.24, 2.45) is 0 Å². The average molecular weight is 159 g/mol. The van der Waals surface area contributed by atoms with Crippen LogP contribution in [0.5, 0.6) is 0 Å². The number of aliphatic hydroxyl groups excluding tert-OH is 1. The maximum atomic E-state index is 9.16. The molecule has 1 aliphatic heterocycles. The second kappa shape index (κ2) is 5.56. The summed E-state index contributed by atoms with van der Waals surface area (Å²) < 4.78 is 0. The molecule has 0 bridgehead atoms. The van der Waals surface area contributed by atoms with E-state index in [-0.39, 0.29) is 6.10 Å². The fraction of sp³-hybridized carbons (Fsp3) is 1.00. The smallest absolute Gasteiger partial charge is 0.0667 e. The maximum absolute atomic E-state index is 9.16. The molecule has 0 spiro atoms. The molecule has 2 atom stereocenters. The Labute approximate surface area is 70.2 Å². The number of nitrogens with zero attached hydrogens (tertiary/aromatic N) is 1. The van der Waals surface area contributed by atoms with Crippen molar-refractivity contribution < 1.29 is 5.11 Å². The van der Waals surface area contributed by atoms with Crippen LogP contribution in [0.25, 0.3) is 0 Å². The first-order valence-electron chi connectivity index (χ1n) is 4.58. The SMILES string of the molecule is CC.CC1CCC(O)CN1C. The van der Waals surface area contributed by atoms with Gasteiger partial charge in [0, 0.05) is 12.6 Å². The lowest BCUT2D eigenvalue weighted by Gasteiger charge is -2.32. The number of piperidine rings is 1. The summed E-state index contributed by atoms with van der Waals surface area (Å²) in [7, 11) is 2.06. The monoisotopic (exact) mass is 159 g/mol. The Morgan fingerprint density at radius 2 is 1.82 bits per heavy atom. The fourth-order valence-electron chi connectivity index (χ4n) is 1.26. The Bertz CT molecular complexity index is 95.6. The third kappa shape index (κ3) is 3.73. The molecule has 0 radical (unpaired) electrons. The summed E-state index contributed by atoms with van der Waals surface area (Å²) in [4.78, 5) is 2.20. The Kier molecular flexibility index (Phi) is 5.51. The number of rotatable bonds is 0. The summed E-state index contributed by atoms with van der Waals surface area (Å²) >= 11 is 0. The van der Waals surface area contributed by atoms with Gasteiger partial charge in [-0.2, -0.15) is 0 Å². The van der Waals surface area contributed by atoms with Crippen molar-refractivity contribution in [1.82, 2.24) is 4.90 Å². The van der Waals surface area contributed by atoms with E-state index < -0.39 is 0 Å². The zero-order chi connectivity index (χ0) is 8.85. The van der Waals surface area contributed by atoms with E-state index in [9.17, 15) is 0 Å². The third-order valence-electron chi connectivity index (χ3n) is 2.17. The van der Waals surface area contributed by atoms with Crippen LogP contribution in [-0.4, -0.2) is 35.7 Å². The predicted molar refractivity (Wildman–Crippen MR) is 48.7 cm³/mol. The minimum absolute atomic E-state index is 0.0776. The van der Waals surface area contributed by atoms with Gasteiger partial charge in [0.25, 0.3) is 0 Å². The summed E-state index contributed by atoms with van der Waals surface area (Å²) in [5.41, 5.74) is 0. The van der Waals surface area contributed by atoms with Crippen molar-refractivity contribution in [2.75, 3.05) is 13.6 Å². The molecule has 11 heavy (non-hydrogen) atoms. The highest BCUT2D eigenvalue weighted by molar-refractivity contribution is 4.74. The molecule has 0 aromatic heterocycles. The van der Waals surface area contributed by atoms with Crippen molar-refractivity contribution in [2.45, 2.75) is 45.8 Å². The first kappa shape index (κ1) is 10.9. The Hall–Kier alpha value is -0.0800. The third-order valence-corrected chi connectivity index (χ3v) is 2.17. The molecule has 0 aliphatic carbocycles. The van der Waals surface area contributed by atoms with Crippen molar-refractivity contribution in [3.05, 3.63) is 0 Å². The molecular formula is C9H21NO. The van der Waals surface area contributed by atoms with Crippen LogP contribution in [-0.2, 0) is 0 Å². The molecule has 1 aliphatic rings. The Morgan fingerprint density at radius 3 is 2.18 bits per heavy atom. The van der Waals surface area contributed by atoms with Gasteiger partial charge in [0.15, 0.2) is 0 Å². The molecule has 0 aromatic rings. The number of β-amino-alcohol motifs (C(OH)–C–C–N with tert-alkyl or cyclic N) is 1. The fourth-order valence-corrected chi connectivity index (χ4v) is 1.26. The minimum Gasteiger partial charge on any atom is -0.392 e. The molecule has 1 saturated heterocycles. The van der Waals surface area contributed by atoms with Gasteiger partial charge in [-0.05, 0) is 26.8 Å². The van der Waals surface area contributed by atoms with Crippen LogP contribution in [0.15, 0.2) is 0 Å². The molecule has 1 N–H and O–H groups in total. The van der Waals surface area contributed by atoms with Crippen LogP contribution in [0.4, 0.5) is 0 Å². The van der Waals surface area contributed by atoms with Crippen LogP contribution >= 0.6 is 0 Å². The summed E-state index contributed by atoms with van der Waals surface area (Å²) in [5.74, 6) is 0. The van der Waals surface area contributed by atoms with Crippen molar-refractivity contribution in [1.29, 1.82) is 0 Å². The van der Waals surface area contributed by atoms with Crippen LogP contribution in [0.3, 0.4) is 0 Å². The first-order valence-corrected chi connectivity index (χ1v) is 4.58. The highest BCUT2D eigenvalue weighted by atomic mass is 16.3. The van der Waals surface area contributed by atoms with Crippen LogP contribution in [0.2, 0.25) is 0 Å². The molecule has 2 heteroatoms. The number of likely N-dealkylation sites (N-methyl/N-ethyl adjacent to an activating group) is 1. The van der Waals surface area contributed by atoms with E-state index in [1.54, 1.807) is 0 Å². The van der Waals surface area contributed by atoms with E-state index in [0.717, 1.165) is 19.4 Å². The van der Waals surface area contributed by atoms with Crippen LogP contribution in [0.1, 0.15) is 33.6 Å². The summed E-state index contributed by atoms with van der Waals surface area (Å²) in [6.45, 7) is 7.05. The maximum Gasteiger partial charge on any atom is 0.0667 e. The second-order valence-electron chi connectivity index (χ2n) is 3.02. The number of hydrogen-bond donors (Lipinski definition) is 1. The van der Waals surface area contributed by atoms with Crippen molar-refractivity contribution in [3.63, 3.8) is 0 Å². The van der Waals surface area contributed by atoms with Gasteiger partial charge >= 0.3 is 0 Å². The molecule has 0 saturated carbocycles. The summed E-state index contributed by atoms with van der Waals surface area (Å²) in [6, 6.07) is 0.661. The standard InChI is InChI=1S/C7H15NO.C2H6/c1-6-3-4-7(9)5-8(6)2;1-2/h6-7,9H,3-5H2,1-2H3;1-2H3. The topological polar surface area (TPSA) is 23.5 Å². The molecular weight excluding hydrogens is 138 g/mol. The van der Waals surface area contributed by atoms with E-state index in [4.69, 9.17) is 5.11 Å². The quantitative estimate of drug-likeness (QED) is 0.579. The van der Waals surface area contributed by atoms with Crippen molar-refractivity contribution in [3.8, 4) is 0 Å². The highest BCUT2D eigenvalue weighted by Crippen LogP contribution is 2.13. The molecule has 0 amide bonds. The van der Waals surface area contributed by atoms with Gasteiger partial charge in [-0.3, -0.25) is 0 Å². The highest BCUT2D eigenvalue weighted by Gasteiger charge is 2.19. The predicted octanol–water partition coefficient (Wildman–Crippen LogP) is 1.49. The molecule has 2 unspecified atom stereocenters. The lowest BCUT2D eigenvalue weighted by Crippen LogP contribution is -2.41. The molecule has 1 fully saturated rings. The second-order valence-corrected chi connectivity index (χ2v) is 3.02. The molecule has 0 aromatic carbocycles. The number of likely N-dealkylation sites (tertiary alicyclic amines) is 1. The van der Waals surface area contributed by atoms with Gasteiger partial charge in [-0.1, -0.05) is 13.8 Å². The Balaban J connectivity index is 0.000000461. The van der Waals surface area contributed by atoms with Gasteiger partial charge < -0.3 is 10.0 Å². The number of aliphatic hydroxyl groups is 1. The van der Waals surface area contributed by atoms with Crippen molar-refractivity contribution >= 4 is 0 Å².